The van der Waals surface area contributed by atoms with Crippen molar-refractivity contribution in [2.75, 3.05) is 5.32 Å². The Hall–Kier alpha value is -0.400. The molecule has 15 heavy (non-hydrogen) atoms. The topological polar surface area (TPSA) is 51.0 Å². The number of hydrogen-bond donors (Lipinski definition) is 1. The van der Waals surface area contributed by atoms with E-state index in [2.05, 4.69) is 47.4 Å². The lowest BCUT2D eigenvalue weighted by Gasteiger charge is -1.96. The highest BCUT2D eigenvalue weighted by molar-refractivity contribution is 9.13. The van der Waals surface area contributed by atoms with E-state index in [0.717, 1.165) is 20.4 Å². The van der Waals surface area contributed by atoms with Gasteiger partial charge in [-0.25, -0.2) is 0 Å². The molecular weight excluding hydrogens is 346 g/mol. The van der Waals surface area contributed by atoms with Crippen LogP contribution in [0.1, 0.15) is 10.8 Å². The van der Waals surface area contributed by atoms with Crippen molar-refractivity contribution in [1.29, 1.82) is 0 Å². The Morgan fingerprint density at radius 1 is 1.47 bits per heavy atom. The zero-order valence-electron chi connectivity index (χ0n) is 7.75. The molecule has 2 rings (SSSR count). The van der Waals surface area contributed by atoms with Crippen molar-refractivity contribution in [3.05, 3.63) is 26.0 Å². The Kier molecular flexibility index (Phi) is 3.42. The molecule has 2 heterocycles. The molecule has 0 aliphatic heterocycles. The van der Waals surface area contributed by atoms with Gasteiger partial charge in [-0.1, -0.05) is 11.3 Å². The molecular formula is C8H7Br2N3OS. The SMILES string of the molecule is Cc1nnc(NCc2cc(Br)c(Br)o2)s1. The van der Waals surface area contributed by atoms with Gasteiger partial charge in [0.1, 0.15) is 10.8 Å². The van der Waals surface area contributed by atoms with Gasteiger partial charge in [-0.3, -0.25) is 0 Å². The minimum absolute atomic E-state index is 0.596. The molecule has 0 aromatic carbocycles. The number of nitrogens with zero attached hydrogens (tertiary/aromatic N) is 2. The molecule has 0 atom stereocenters. The number of halogens is 2. The standard InChI is InChI=1S/C8H7Br2N3OS/c1-4-12-13-8(15-4)11-3-5-2-6(9)7(10)14-5/h2H,3H2,1H3,(H,11,13). The zero-order valence-corrected chi connectivity index (χ0v) is 11.7. The minimum atomic E-state index is 0.596. The van der Waals surface area contributed by atoms with Crippen molar-refractivity contribution in [3.63, 3.8) is 0 Å². The summed E-state index contributed by atoms with van der Waals surface area (Å²) in [5, 5.41) is 12.7. The molecule has 0 unspecified atom stereocenters. The summed E-state index contributed by atoms with van der Waals surface area (Å²) in [6.07, 6.45) is 0. The van der Waals surface area contributed by atoms with Crippen LogP contribution in [0.5, 0.6) is 0 Å². The maximum Gasteiger partial charge on any atom is 0.206 e. The lowest BCUT2D eigenvalue weighted by Crippen LogP contribution is -1.97. The molecule has 1 N–H and O–H groups in total. The fourth-order valence-corrected chi connectivity index (χ4v) is 2.26. The quantitative estimate of drug-likeness (QED) is 0.917. The van der Waals surface area contributed by atoms with Gasteiger partial charge in [0, 0.05) is 0 Å². The molecule has 2 aromatic rings. The van der Waals surface area contributed by atoms with Crippen molar-refractivity contribution in [2.24, 2.45) is 0 Å². The minimum Gasteiger partial charge on any atom is -0.451 e. The molecule has 0 aliphatic carbocycles. The van der Waals surface area contributed by atoms with Crippen LogP contribution in [0.25, 0.3) is 0 Å². The summed E-state index contributed by atoms with van der Waals surface area (Å²) < 4.78 is 7.02. The summed E-state index contributed by atoms with van der Waals surface area (Å²) in [4.78, 5) is 0. The van der Waals surface area contributed by atoms with Gasteiger partial charge >= 0.3 is 0 Å². The third-order valence-corrected chi connectivity index (χ3v) is 4.14. The largest absolute Gasteiger partial charge is 0.451 e. The Bertz CT molecular complexity index is 449. The summed E-state index contributed by atoms with van der Waals surface area (Å²) in [5.74, 6) is 0.835. The van der Waals surface area contributed by atoms with Gasteiger partial charge in [-0.05, 0) is 44.8 Å². The highest BCUT2D eigenvalue weighted by atomic mass is 79.9. The van der Waals surface area contributed by atoms with Crippen LogP contribution in [-0.4, -0.2) is 10.2 Å². The Morgan fingerprint density at radius 2 is 2.27 bits per heavy atom. The Labute approximate surface area is 107 Å². The molecule has 7 heteroatoms. The molecule has 0 radical (unpaired) electrons. The van der Waals surface area contributed by atoms with E-state index in [-0.39, 0.29) is 0 Å². The van der Waals surface area contributed by atoms with E-state index < -0.39 is 0 Å². The number of furan rings is 1. The van der Waals surface area contributed by atoms with E-state index in [9.17, 15) is 0 Å². The molecule has 0 saturated carbocycles. The molecule has 0 spiro atoms. The maximum absolute atomic E-state index is 5.41. The van der Waals surface area contributed by atoms with Crippen molar-refractivity contribution in [1.82, 2.24) is 10.2 Å². The van der Waals surface area contributed by atoms with E-state index in [1.807, 2.05) is 13.0 Å². The third-order valence-electron chi connectivity index (χ3n) is 1.64. The summed E-state index contributed by atoms with van der Waals surface area (Å²) in [7, 11) is 0. The first-order chi connectivity index (χ1) is 7.15. The van der Waals surface area contributed by atoms with E-state index in [4.69, 9.17) is 4.42 Å². The van der Waals surface area contributed by atoms with Gasteiger partial charge in [0.25, 0.3) is 0 Å². The Morgan fingerprint density at radius 3 is 2.80 bits per heavy atom. The first-order valence-electron chi connectivity index (χ1n) is 4.13. The predicted octanol–water partition coefficient (Wildman–Crippen LogP) is 3.58. The fraction of sp³-hybridized carbons (Fsp3) is 0.250. The summed E-state index contributed by atoms with van der Waals surface area (Å²) in [5.41, 5.74) is 0. The third kappa shape index (κ3) is 2.79. The van der Waals surface area contributed by atoms with Gasteiger partial charge in [0.05, 0.1) is 11.0 Å². The smallest absolute Gasteiger partial charge is 0.206 e. The number of anilines is 1. The molecule has 0 aliphatic rings. The molecule has 0 amide bonds. The molecule has 0 saturated heterocycles. The van der Waals surface area contributed by atoms with Gasteiger partial charge in [0.15, 0.2) is 4.67 Å². The summed E-state index contributed by atoms with van der Waals surface area (Å²) >= 11 is 8.15. The van der Waals surface area contributed by atoms with E-state index >= 15 is 0 Å². The number of aromatic nitrogens is 2. The van der Waals surface area contributed by atoms with Gasteiger partial charge < -0.3 is 9.73 Å². The highest BCUT2D eigenvalue weighted by Crippen LogP contribution is 2.27. The van der Waals surface area contributed by atoms with E-state index in [1.165, 1.54) is 11.3 Å². The van der Waals surface area contributed by atoms with E-state index in [1.54, 1.807) is 0 Å². The van der Waals surface area contributed by atoms with Crippen LogP contribution < -0.4 is 5.32 Å². The second-order valence-electron chi connectivity index (χ2n) is 2.81. The van der Waals surface area contributed by atoms with Crippen LogP contribution in [0.4, 0.5) is 5.13 Å². The molecule has 0 bridgehead atoms. The van der Waals surface area contributed by atoms with Crippen molar-refractivity contribution in [2.45, 2.75) is 13.5 Å². The van der Waals surface area contributed by atoms with Crippen LogP contribution in [0.15, 0.2) is 19.6 Å². The average molecular weight is 353 g/mol. The Balaban J connectivity index is 1.99. The molecule has 0 fully saturated rings. The van der Waals surface area contributed by atoms with Crippen LogP contribution in [-0.2, 0) is 6.54 Å². The first-order valence-corrected chi connectivity index (χ1v) is 6.53. The average Bonchev–Trinajstić information content (AvgIpc) is 2.72. The summed E-state index contributed by atoms with van der Waals surface area (Å²) in [6, 6.07) is 1.91. The number of aryl methyl sites for hydroxylation is 1. The second-order valence-corrected chi connectivity index (χ2v) is 5.57. The van der Waals surface area contributed by atoms with Crippen LogP contribution in [0.2, 0.25) is 0 Å². The predicted molar refractivity (Wildman–Crippen MR) is 66.1 cm³/mol. The van der Waals surface area contributed by atoms with Gasteiger partial charge in [-0.2, -0.15) is 0 Å². The van der Waals surface area contributed by atoms with Gasteiger partial charge in [0.2, 0.25) is 5.13 Å². The second kappa shape index (κ2) is 4.63. The molecule has 2 aromatic heterocycles. The number of nitrogens with one attached hydrogen (secondary N) is 1. The van der Waals surface area contributed by atoms with Crippen LogP contribution in [0.3, 0.4) is 0 Å². The first kappa shape index (κ1) is 11.1. The fourth-order valence-electron chi connectivity index (χ4n) is 1.01. The molecule has 80 valence electrons. The van der Waals surface area contributed by atoms with Crippen molar-refractivity contribution < 1.29 is 4.42 Å². The summed E-state index contributed by atoms with van der Waals surface area (Å²) in [6.45, 7) is 2.52. The van der Waals surface area contributed by atoms with Crippen molar-refractivity contribution >= 4 is 48.3 Å². The van der Waals surface area contributed by atoms with E-state index in [0.29, 0.717) is 11.2 Å². The monoisotopic (exact) mass is 351 g/mol. The maximum atomic E-state index is 5.41. The van der Waals surface area contributed by atoms with Crippen molar-refractivity contribution in [3.8, 4) is 0 Å². The molecule has 4 nitrogen and oxygen atoms in total. The van der Waals surface area contributed by atoms with Gasteiger partial charge in [-0.15, -0.1) is 10.2 Å². The highest BCUT2D eigenvalue weighted by Gasteiger charge is 2.06. The normalized spacial score (nSPS) is 10.6. The zero-order chi connectivity index (χ0) is 10.8. The van der Waals surface area contributed by atoms with Crippen LogP contribution in [0, 0.1) is 6.92 Å². The number of hydrogen-bond acceptors (Lipinski definition) is 5. The van der Waals surface area contributed by atoms with Crippen LogP contribution >= 0.6 is 43.2 Å². The number of rotatable bonds is 3. The lowest BCUT2D eigenvalue weighted by molar-refractivity contribution is 0.494. The lowest BCUT2D eigenvalue weighted by atomic mass is 10.4.